The van der Waals surface area contributed by atoms with Gasteiger partial charge in [-0.05, 0) is 25.8 Å². The summed E-state index contributed by atoms with van der Waals surface area (Å²) in [7, 11) is 1.98. The summed E-state index contributed by atoms with van der Waals surface area (Å²) in [6.07, 6.45) is 2.33. The lowest BCUT2D eigenvalue weighted by Crippen LogP contribution is -2.21. The van der Waals surface area contributed by atoms with Gasteiger partial charge in [-0.1, -0.05) is 30.3 Å². The second-order valence-electron chi connectivity index (χ2n) is 7.04. The first-order valence-electron chi connectivity index (χ1n) is 8.53. The van der Waals surface area contributed by atoms with E-state index in [1.54, 1.807) is 6.07 Å². The smallest absolute Gasteiger partial charge is 0.275 e. The van der Waals surface area contributed by atoms with E-state index in [1.165, 1.54) is 28.7 Å². The molecule has 1 saturated carbocycles. The van der Waals surface area contributed by atoms with E-state index in [-0.39, 0.29) is 5.56 Å². The Kier molecular flexibility index (Phi) is 4.16. The molecule has 0 bridgehead atoms. The third-order valence-corrected chi connectivity index (χ3v) is 5.34. The molecule has 0 aromatic carbocycles. The third kappa shape index (κ3) is 3.50. The minimum atomic E-state index is -0.113. The molecule has 0 unspecified atom stereocenters. The van der Waals surface area contributed by atoms with Crippen molar-refractivity contribution in [2.24, 2.45) is 0 Å². The number of nitrogens with zero attached hydrogens (tertiary/aromatic N) is 5. The first-order chi connectivity index (χ1) is 12.0. The van der Waals surface area contributed by atoms with Crippen LogP contribution in [0.2, 0.25) is 0 Å². The van der Waals surface area contributed by atoms with Gasteiger partial charge in [-0.2, -0.15) is 9.61 Å². The van der Waals surface area contributed by atoms with Crippen molar-refractivity contribution in [3.05, 3.63) is 44.6 Å². The molecular weight excluding hydrogens is 338 g/mol. The topological polar surface area (TPSA) is 76.5 Å². The molecule has 0 N–H and O–H groups in total. The van der Waals surface area contributed by atoms with E-state index in [4.69, 9.17) is 4.52 Å². The van der Waals surface area contributed by atoms with E-state index in [9.17, 15) is 4.79 Å². The Labute approximate surface area is 149 Å². The minimum Gasteiger partial charge on any atom is -0.360 e. The molecule has 4 rings (SSSR count). The zero-order valence-corrected chi connectivity index (χ0v) is 15.4. The SMILES string of the molecule is CC(C)c1cc(CN(C)Cc2cc(=O)n3nc(C4CC4)sc3n2)on1. The molecule has 0 atom stereocenters. The number of hydrogen-bond donors (Lipinski definition) is 0. The van der Waals surface area contributed by atoms with Crippen molar-refractivity contribution in [3.63, 3.8) is 0 Å². The molecule has 7 nitrogen and oxygen atoms in total. The fraction of sp³-hybridized carbons (Fsp3) is 0.529. The van der Waals surface area contributed by atoms with Crippen LogP contribution in [0.25, 0.3) is 4.96 Å². The largest absolute Gasteiger partial charge is 0.360 e. The van der Waals surface area contributed by atoms with Gasteiger partial charge in [0.1, 0.15) is 5.01 Å². The van der Waals surface area contributed by atoms with E-state index in [0.29, 0.717) is 29.9 Å². The van der Waals surface area contributed by atoms with Gasteiger partial charge in [-0.25, -0.2) is 4.98 Å². The van der Waals surface area contributed by atoms with Crippen molar-refractivity contribution in [1.82, 2.24) is 24.7 Å². The van der Waals surface area contributed by atoms with Crippen LogP contribution < -0.4 is 5.56 Å². The summed E-state index contributed by atoms with van der Waals surface area (Å²) in [4.78, 5) is 19.6. The van der Waals surface area contributed by atoms with Crippen molar-refractivity contribution < 1.29 is 4.52 Å². The minimum absolute atomic E-state index is 0.113. The molecule has 0 aliphatic heterocycles. The number of aromatic nitrogens is 4. The first kappa shape index (κ1) is 16.4. The molecular formula is C17H21N5O2S. The highest BCUT2D eigenvalue weighted by molar-refractivity contribution is 7.16. The summed E-state index contributed by atoms with van der Waals surface area (Å²) in [6.45, 7) is 5.36. The predicted octanol–water partition coefficient (Wildman–Crippen LogP) is 2.77. The summed E-state index contributed by atoms with van der Waals surface area (Å²) in [5.74, 6) is 1.69. The standard InChI is InChI=1S/C17H21N5O2S/c1-10(2)14-7-13(24-20-14)9-21(3)8-12-6-15(23)22-17(18-12)25-16(19-22)11-4-5-11/h6-7,10-11H,4-5,8-9H2,1-3H3. The predicted molar refractivity (Wildman–Crippen MR) is 94.9 cm³/mol. The summed E-state index contributed by atoms with van der Waals surface area (Å²) in [5.41, 5.74) is 1.60. The monoisotopic (exact) mass is 359 g/mol. The molecule has 132 valence electrons. The maximum Gasteiger partial charge on any atom is 0.275 e. The van der Waals surface area contributed by atoms with Crippen LogP contribution >= 0.6 is 11.3 Å². The molecule has 1 aliphatic carbocycles. The fourth-order valence-electron chi connectivity index (χ4n) is 2.72. The summed E-state index contributed by atoms with van der Waals surface area (Å²) >= 11 is 1.53. The van der Waals surface area contributed by atoms with Gasteiger partial charge >= 0.3 is 0 Å². The van der Waals surface area contributed by atoms with Crippen molar-refractivity contribution in [3.8, 4) is 0 Å². The van der Waals surface area contributed by atoms with E-state index in [1.807, 2.05) is 13.1 Å². The van der Waals surface area contributed by atoms with Gasteiger partial charge in [0.15, 0.2) is 5.76 Å². The highest BCUT2D eigenvalue weighted by atomic mass is 32.1. The van der Waals surface area contributed by atoms with E-state index < -0.39 is 0 Å². The normalized spacial score (nSPS) is 14.9. The molecule has 3 aromatic heterocycles. The molecule has 0 amide bonds. The van der Waals surface area contributed by atoms with E-state index in [0.717, 1.165) is 22.2 Å². The van der Waals surface area contributed by atoms with Crippen LogP contribution in [0.1, 0.15) is 60.7 Å². The van der Waals surface area contributed by atoms with Crippen LogP contribution in [0.15, 0.2) is 21.5 Å². The molecule has 3 aromatic rings. The van der Waals surface area contributed by atoms with Gasteiger partial charge in [-0.3, -0.25) is 9.69 Å². The molecule has 1 fully saturated rings. The van der Waals surface area contributed by atoms with Crippen LogP contribution in [0.5, 0.6) is 0 Å². The fourth-order valence-corrected chi connectivity index (χ4v) is 3.81. The molecule has 25 heavy (non-hydrogen) atoms. The van der Waals surface area contributed by atoms with Crippen LogP contribution in [0.4, 0.5) is 0 Å². The van der Waals surface area contributed by atoms with Crippen LogP contribution in [-0.4, -0.2) is 31.7 Å². The van der Waals surface area contributed by atoms with Gasteiger partial charge in [0.25, 0.3) is 5.56 Å². The Balaban J connectivity index is 1.50. The Morgan fingerprint density at radius 3 is 2.84 bits per heavy atom. The van der Waals surface area contributed by atoms with Crippen molar-refractivity contribution in [2.75, 3.05) is 7.05 Å². The lowest BCUT2D eigenvalue weighted by Gasteiger charge is -2.13. The highest BCUT2D eigenvalue weighted by Crippen LogP contribution is 2.41. The van der Waals surface area contributed by atoms with Crippen molar-refractivity contribution in [1.29, 1.82) is 0 Å². The molecule has 0 radical (unpaired) electrons. The molecule has 1 aliphatic rings. The summed E-state index contributed by atoms with van der Waals surface area (Å²) in [5, 5.41) is 9.51. The van der Waals surface area contributed by atoms with Crippen LogP contribution in [0.3, 0.4) is 0 Å². The molecule has 0 spiro atoms. The van der Waals surface area contributed by atoms with Crippen molar-refractivity contribution in [2.45, 2.75) is 51.6 Å². The van der Waals surface area contributed by atoms with Crippen molar-refractivity contribution >= 4 is 16.3 Å². The third-order valence-electron chi connectivity index (χ3n) is 4.27. The quantitative estimate of drug-likeness (QED) is 0.673. The Morgan fingerprint density at radius 1 is 1.36 bits per heavy atom. The van der Waals surface area contributed by atoms with Gasteiger partial charge in [0.2, 0.25) is 4.96 Å². The zero-order chi connectivity index (χ0) is 17.6. The number of fused-ring (bicyclic) bond motifs is 1. The number of hydrogen-bond acceptors (Lipinski definition) is 7. The average Bonchev–Trinajstić information content (AvgIpc) is 3.13. The average molecular weight is 359 g/mol. The van der Waals surface area contributed by atoms with Gasteiger partial charge in [-0.15, -0.1) is 0 Å². The lowest BCUT2D eigenvalue weighted by atomic mass is 10.1. The van der Waals surface area contributed by atoms with Gasteiger partial charge in [0, 0.05) is 24.6 Å². The Hall–Kier alpha value is -2.06. The summed E-state index contributed by atoms with van der Waals surface area (Å²) < 4.78 is 6.80. The van der Waals surface area contributed by atoms with E-state index in [2.05, 4.69) is 34.0 Å². The van der Waals surface area contributed by atoms with E-state index >= 15 is 0 Å². The van der Waals surface area contributed by atoms with Crippen LogP contribution in [-0.2, 0) is 13.1 Å². The Morgan fingerprint density at radius 2 is 2.16 bits per heavy atom. The first-order valence-corrected chi connectivity index (χ1v) is 9.35. The maximum absolute atomic E-state index is 12.3. The zero-order valence-electron chi connectivity index (χ0n) is 14.6. The maximum atomic E-state index is 12.3. The van der Waals surface area contributed by atoms with Gasteiger partial charge in [0.05, 0.1) is 17.9 Å². The summed E-state index contributed by atoms with van der Waals surface area (Å²) in [6, 6.07) is 3.55. The second kappa shape index (κ2) is 6.34. The highest BCUT2D eigenvalue weighted by Gasteiger charge is 2.28. The molecule has 8 heteroatoms. The Bertz CT molecular complexity index is 954. The number of rotatable bonds is 6. The van der Waals surface area contributed by atoms with Gasteiger partial charge < -0.3 is 4.52 Å². The lowest BCUT2D eigenvalue weighted by molar-refractivity contribution is 0.263. The molecule has 0 saturated heterocycles. The van der Waals surface area contributed by atoms with Crippen LogP contribution in [0, 0.1) is 0 Å². The molecule has 3 heterocycles. The second-order valence-corrected chi connectivity index (χ2v) is 8.03.